The van der Waals surface area contributed by atoms with Crippen LogP contribution in [0, 0.1) is 5.82 Å². The van der Waals surface area contributed by atoms with Gasteiger partial charge in [-0.3, -0.25) is 0 Å². The average molecular weight is 257 g/mol. The molecule has 1 rings (SSSR count). The van der Waals surface area contributed by atoms with Gasteiger partial charge in [-0.25, -0.2) is 4.39 Å². The Hall–Kier alpha value is -0.740. The third-order valence-corrected chi connectivity index (χ3v) is 3.00. The summed E-state index contributed by atoms with van der Waals surface area (Å²) in [6.45, 7) is 2.47. The Balaban J connectivity index is 2.51. The lowest BCUT2D eigenvalue weighted by molar-refractivity contribution is 0.302. The van der Waals surface area contributed by atoms with Gasteiger partial charge in [-0.15, -0.1) is 0 Å². The minimum absolute atomic E-state index is 0.0442. The Kier molecular flexibility index (Phi) is 6.37. The average Bonchev–Trinajstić information content (AvgIpc) is 2.26. The van der Waals surface area contributed by atoms with Gasteiger partial charge in [-0.05, 0) is 49.5 Å². The highest BCUT2D eigenvalue weighted by Gasteiger charge is 2.06. The van der Waals surface area contributed by atoms with Gasteiger partial charge in [0.1, 0.15) is 0 Å². The minimum Gasteiger partial charge on any atom is -0.490 e. The standard InChI is InChI=1S/C13H20FNOS/c1-10(15)8-11-4-5-13(12(14)9-11)16-6-3-7-17-2/h4-5,9-10H,3,6-8,15H2,1-2H3. The molecule has 0 amide bonds. The van der Waals surface area contributed by atoms with E-state index in [1.807, 2.05) is 19.2 Å². The number of rotatable bonds is 7. The summed E-state index contributed by atoms with van der Waals surface area (Å²) in [6, 6.07) is 5.11. The first-order valence-corrected chi connectivity index (χ1v) is 7.18. The summed E-state index contributed by atoms with van der Waals surface area (Å²) < 4.78 is 19.0. The SMILES string of the molecule is CSCCCOc1ccc(CC(C)N)cc1F. The van der Waals surface area contributed by atoms with E-state index in [9.17, 15) is 4.39 Å². The van der Waals surface area contributed by atoms with E-state index in [4.69, 9.17) is 10.5 Å². The lowest BCUT2D eigenvalue weighted by Crippen LogP contribution is -2.17. The second kappa shape index (κ2) is 7.56. The second-order valence-corrected chi connectivity index (χ2v) is 5.13. The van der Waals surface area contributed by atoms with Crippen LogP contribution in [0.1, 0.15) is 18.9 Å². The summed E-state index contributed by atoms with van der Waals surface area (Å²) in [7, 11) is 0. The Morgan fingerprint density at radius 1 is 1.47 bits per heavy atom. The number of hydrogen-bond acceptors (Lipinski definition) is 3. The molecule has 2 nitrogen and oxygen atoms in total. The molecule has 0 radical (unpaired) electrons. The summed E-state index contributed by atoms with van der Waals surface area (Å²) >= 11 is 1.76. The first kappa shape index (κ1) is 14.3. The highest BCUT2D eigenvalue weighted by atomic mass is 32.2. The van der Waals surface area contributed by atoms with Crippen LogP contribution in [-0.2, 0) is 6.42 Å². The van der Waals surface area contributed by atoms with Crippen LogP contribution in [0.4, 0.5) is 4.39 Å². The molecular formula is C13H20FNOS. The zero-order valence-electron chi connectivity index (χ0n) is 10.4. The van der Waals surface area contributed by atoms with Crippen molar-refractivity contribution in [2.75, 3.05) is 18.6 Å². The highest BCUT2D eigenvalue weighted by molar-refractivity contribution is 7.98. The first-order valence-electron chi connectivity index (χ1n) is 5.79. The molecule has 0 aliphatic heterocycles. The molecule has 96 valence electrons. The van der Waals surface area contributed by atoms with Crippen molar-refractivity contribution in [2.24, 2.45) is 5.73 Å². The topological polar surface area (TPSA) is 35.2 Å². The number of thioether (sulfide) groups is 1. The van der Waals surface area contributed by atoms with Crippen molar-refractivity contribution >= 4 is 11.8 Å². The largest absolute Gasteiger partial charge is 0.490 e. The normalized spacial score (nSPS) is 12.5. The molecule has 1 aromatic rings. The van der Waals surface area contributed by atoms with Crippen molar-refractivity contribution in [2.45, 2.75) is 25.8 Å². The van der Waals surface area contributed by atoms with Crippen molar-refractivity contribution in [3.8, 4) is 5.75 Å². The van der Waals surface area contributed by atoms with Crippen LogP contribution >= 0.6 is 11.8 Å². The van der Waals surface area contributed by atoms with Crippen molar-refractivity contribution in [1.29, 1.82) is 0 Å². The molecule has 4 heteroatoms. The van der Waals surface area contributed by atoms with Crippen LogP contribution < -0.4 is 10.5 Å². The summed E-state index contributed by atoms with van der Waals surface area (Å²) in [4.78, 5) is 0. The minimum atomic E-state index is -0.299. The van der Waals surface area contributed by atoms with Crippen molar-refractivity contribution < 1.29 is 9.13 Å². The summed E-state index contributed by atoms with van der Waals surface area (Å²) in [5.74, 6) is 1.07. The van der Waals surface area contributed by atoms with Gasteiger partial charge in [0.05, 0.1) is 6.61 Å². The summed E-state index contributed by atoms with van der Waals surface area (Å²) in [5, 5.41) is 0. The third kappa shape index (κ3) is 5.41. The molecule has 0 bridgehead atoms. The maximum absolute atomic E-state index is 13.6. The fraction of sp³-hybridized carbons (Fsp3) is 0.538. The smallest absolute Gasteiger partial charge is 0.165 e. The Labute approximate surface area is 107 Å². The molecule has 17 heavy (non-hydrogen) atoms. The molecule has 0 saturated heterocycles. The molecular weight excluding hydrogens is 237 g/mol. The zero-order valence-corrected chi connectivity index (χ0v) is 11.2. The van der Waals surface area contributed by atoms with Gasteiger partial charge < -0.3 is 10.5 Å². The monoisotopic (exact) mass is 257 g/mol. The molecule has 2 N–H and O–H groups in total. The number of nitrogens with two attached hydrogens (primary N) is 1. The van der Waals surface area contributed by atoms with Gasteiger partial charge in [0.25, 0.3) is 0 Å². The van der Waals surface area contributed by atoms with E-state index in [0.717, 1.165) is 17.7 Å². The van der Waals surface area contributed by atoms with Crippen LogP contribution in [-0.4, -0.2) is 24.7 Å². The quantitative estimate of drug-likeness (QED) is 0.763. The van der Waals surface area contributed by atoms with Crippen LogP contribution in [0.2, 0.25) is 0 Å². The molecule has 0 aliphatic rings. The van der Waals surface area contributed by atoms with E-state index in [1.54, 1.807) is 17.8 Å². The van der Waals surface area contributed by atoms with Crippen LogP contribution in [0.15, 0.2) is 18.2 Å². The van der Waals surface area contributed by atoms with E-state index >= 15 is 0 Å². The predicted octanol–water partition coefficient (Wildman–Crippen LogP) is 2.85. The van der Waals surface area contributed by atoms with Crippen molar-refractivity contribution in [1.82, 2.24) is 0 Å². The number of halogens is 1. The van der Waals surface area contributed by atoms with Crippen molar-refractivity contribution in [3.63, 3.8) is 0 Å². The van der Waals surface area contributed by atoms with Crippen LogP contribution in [0.25, 0.3) is 0 Å². The molecule has 1 aromatic carbocycles. The van der Waals surface area contributed by atoms with Crippen LogP contribution in [0.5, 0.6) is 5.75 Å². The Morgan fingerprint density at radius 2 is 2.24 bits per heavy atom. The molecule has 0 fully saturated rings. The Morgan fingerprint density at radius 3 is 2.82 bits per heavy atom. The maximum Gasteiger partial charge on any atom is 0.165 e. The zero-order chi connectivity index (χ0) is 12.7. The number of hydrogen-bond donors (Lipinski definition) is 1. The molecule has 1 atom stereocenters. The highest BCUT2D eigenvalue weighted by Crippen LogP contribution is 2.19. The maximum atomic E-state index is 13.6. The van der Waals surface area contributed by atoms with E-state index in [-0.39, 0.29) is 11.9 Å². The van der Waals surface area contributed by atoms with E-state index < -0.39 is 0 Å². The molecule has 0 saturated carbocycles. The Bertz CT molecular complexity index is 344. The van der Waals surface area contributed by atoms with Gasteiger partial charge in [-0.1, -0.05) is 6.07 Å². The van der Waals surface area contributed by atoms with E-state index in [1.165, 1.54) is 6.07 Å². The molecule has 0 spiro atoms. The third-order valence-electron chi connectivity index (χ3n) is 2.30. The number of ether oxygens (including phenoxy) is 1. The molecule has 1 unspecified atom stereocenters. The summed E-state index contributed by atoms with van der Waals surface area (Å²) in [5.41, 5.74) is 6.58. The summed E-state index contributed by atoms with van der Waals surface area (Å²) in [6.07, 6.45) is 3.66. The fourth-order valence-corrected chi connectivity index (χ4v) is 1.95. The van der Waals surface area contributed by atoms with Crippen molar-refractivity contribution in [3.05, 3.63) is 29.6 Å². The second-order valence-electron chi connectivity index (χ2n) is 4.14. The van der Waals surface area contributed by atoms with E-state index in [2.05, 4.69) is 0 Å². The fourth-order valence-electron chi connectivity index (χ4n) is 1.55. The lowest BCUT2D eigenvalue weighted by Gasteiger charge is -2.09. The van der Waals surface area contributed by atoms with Gasteiger partial charge in [0, 0.05) is 6.04 Å². The predicted molar refractivity (Wildman–Crippen MR) is 72.2 cm³/mol. The van der Waals surface area contributed by atoms with Gasteiger partial charge >= 0.3 is 0 Å². The van der Waals surface area contributed by atoms with Gasteiger partial charge in [0.15, 0.2) is 11.6 Å². The van der Waals surface area contributed by atoms with Gasteiger partial charge in [0.2, 0.25) is 0 Å². The van der Waals surface area contributed by atoms with E-state index in [0.29, 0.717) is 18.8 Å². The van der Waals surface area contributed by atoms with Gasteiger partial charge in [-0.2, -0.15) is 11.8 Å². The number of benzene rings is 1. The molecule has 0 aromatic heterocycles. The lowest BCUT2D eigenvalue weighted by atomic mass is 10.1. The molecule has 0 aliphatic carbocycles. The first-order chi connectivity index (χ1) is 8.13. The van der Waals surface area contributed by atoms with Crippen LogP contribution in [0.3, 0.4) is 0 Å². The molecule has 0 heterocycles.